The van der Waals surface area contributed by atoms with Gasteiger partial charge in [-0.05, 0) is 77.7 Å². The molecule has 0 aliphatic carbocycles. The van der Waals surface area contributed by atoms with Crippen molar-refractivity contribution in [3.05, 3.63) is 126 Å². The van der Waals surface area contributed by atoms with Crippen LogP contribution in [0.25, 0.3) is 12.2 Å². The summed E-state index contributed by atoms with van der Waals surface area (Å²) in [4.78, 5) is 47.2. The molecule has 7 nitrogen and oxygen atoms in total. The first-order valence-electron chi connectivity index (χ1n) is 11.8. The molecule has 7 heteroatoms. The predicted octanol–water partition coefficient (Wildman–Crippen LogP) is 5.62. The van der Waals surface area contributed by atoms with Crippen LogP contribution in [0.4, 0.5) is 0 Å². The van der Waals surface area contributed by atoms with E-state index in [-0.39, 0.29) is 12.2 Å². The number of carbonyl (C=O) groups is 4. The largest absolute Gasteiger partial charge is 0.423 e. The first-order chi connectivity index (χ1) is 18.7. The second-order valence-corrected chi connectivity index (χ2v) is 8.22. The quantitative estimate of drug-likeness (QED) is 0.183. The first kappa shape index (κ1) is 28.3. The number of hydrogen-bond donors (Lipinski definition) is 0. The van der Waals surface area contributed by atoms with Gasteiger partial charge in [-0.25, -0.2) is 14.4 Å². The number of aryl methyl sites for hydroxylation is 1. The third-order valence-electron chi connectivity index (χ3n) is 5.25. The highest BCUT2D eigenvalue weighted by atomic mass is 16.5. The lowest BCUT2D eigenvalue weighted by Gasteiger charge is -2.08. The van der Waals surface area contributed by atoms with E-state index in [0.29, 0.717) is 28.4 Å². The summed E-state index contributed by atoms with van der Waals surface area (Å²) in [5, 5.41) is 0. The molecule has 0 amide bonds. The molecule has 0 fully saturated rings. The summed E-state index contributed by atoms with van der Waals surface area (Å²) in [5.41, 5.74) is 2.94. The van der Waals surface area contributed by atoms with Crippen molar-refractivity contribution in [1.29, 1.82) is 0 Å². The van der Waals surface area contributed by atoms with Crippen LogP contribution in [-0.4, -0.2) is 23.7 Å². The van der Waals surface area contributed by atoms with E-state index in [9.17, 15) is 19.2 Å². The summed E-state index contributed by atoms with van der Waals surface area (Å²) in [5.74, 6) is -0.804. The number of rotatable bonds is 11. The molecule has 0 aliphatic rings. The summed E-state index contributed by atoms with van der Waals surface area (Å²) in [6.45, 7) is 8.52. The molecule has 3 aromatic carbocycles. The minimum absolute atomic E-state index is 0.0632. The van der Waals surface area contributed by atoms with Gasteiger partial charge in [-0.1, -0.05) is 49.6 Å². The number of benzene rings is 3. The predicted molar refractivity (Wildman–Crippen MR) is 148 cm³/mol. The second kappa shape index (κ2) is 13.9. The third-order valence-corrected chi connectivity index (χ3v) is 5.25. The number of ketones is 1. The Hall–Kier alpha value is -5.30. The van der Waals surface area contributed by atoms with E-state index in [1.807, 2.05) is 12.1 Å². The van der Waals surface area contributed by atoms with Crippen LogP contribution in [0, 0.1) is 6.92 Å². The van der Waals surface area contributed by atoms with E-state index in [0.717, 1.165) is 17.2 Å². The normalized spacial score (nSPS) is 10.7. The van der Waals surface area contributed by atoms with Gasteiger partial charge in [-0.15, -0.1) is 0 Å². The zero-order valence-electron chi connectivity index (χ0n) is 21.3. The molecule has 0 N–H and O–H groups in total. The lowest BCUT2D eigenvalue weighted by Crippen LogP contribution is -2.06. The zero-order chi connectivity index (χ0) is 28.2. The van der Waals surface area contributed by atoms with E-state index < -0.39 is 17.9 Å². The molecule has 0 saturated heterocycles. The fourth-order valence-electron chi connectivity index (χ4n) is 3.25. The Kier molecular flexibility index (Phi) is 10.0. The van der Waals surface area contributed by atoms with Gasteiger partial charge in [0.2, 0.25) is 0 Å². The van der Waals surface area contributed by atoms with E-state index in [2.05, 4.69) is 13.2 Å². The molecular formula is C32H26O7. The van der Waals surface area contributed by atoms with Gasteiger partial charge in [0.25, 0.3) is 0 Å². The number of esters is 3. The van der Waals surface area contributed by atoms with Gasteiger partial charge in [0.15, 0.2) is 5.78 Å². The smallest absolute Gasteiger partial charge is 0.336 e. The summed E-state index contributed by atoms with van der Waals surface area (Å²) in [6.07, 6.45) is 8.38. The lowest BCUT2D eigenvalue weighted by atomic mass is 10.1. The van der Waals surface area contributed by atoms with Crippen LogP contribution in [0.3, 0.4) is 0 Å². The Balaban J connectivity index is 1.52. The van der Waals surface area contributed by atoms with Gasteiger partial charge in [0.1, 0.15) is 17.2 Å². The number of allylic oxidation sites excluding steroid dienone is 1. The van der Waals surface area contributed by atoms with Crippen molar-refractivity contribution >= 4 is 35.8 Å². The molecule has 0 saturated carbocycles. The molecule has 0 spiro atoms. The topological polar surface area (TPSA) is 96.0 Å². The third kappa shape index (κ3) is 9.26. The van der Waals surface area contributed by atoms with Gasteiger partial charge >= 0.3 is 17.9 Å². The number of hydrogen-bond acceptors (Lipinski definition) is 7. The molecule has 196 valence electrons. The van der Waals surface area contributed by atoms with Gasteiger partial charge in [0, 0.05) is 24.6 Å². The van der Waals surface area contributed by atoms with Gasteiger partial charge in [-0.2, -0.15) is 0 Å². The Bertz CT molecular complexity index is 1440. The molecule has 0 unspecified atom stereocenters. The van der Waals surface area contributed by atoms with Crippen molar-refractivity contribution in [3.8, 4) is 17.2 Å². The van der Waals surface area contributed by atoms with Crippen LogP contribution in [0.2, 0.25) is 0 Å². The fraction of sp³-hybridized carbons (Fsp3) is 0.0625. The molecule has 3 aromatic rings. The number of carbonyl (C=O) groups excluding carboxylic acids is 4. The van der Waals surface area contributed by atoms with Crippen molar-refractivity contribution < 1.29 is 33.4 Å². The summed E-state index contributed by atoms with van der Waals surface area (Å²) >= 11 is 0. The molecule has 0 aromatic heterocycles. The minimum Gasteiger partial charge on any atom is -0.423 e. The molecule has 0 bridgehead atoms. The second-order valence-electron chi connectivity index (χ2n) is 8.22. The Morgan fingerprint density at radius 1 is 0.667 bits per heavy atom. The SMILES string of the molecule is C=CC(=O)Cc1ccc(/C=C/C(=O)Oc2ccc(OC(=O)/C=C/c3ccc(OC(=O)C=C)cc3)cc2C)cc1. The van der Waals surface area contributed by atoms with Gasteiger partial charge in [0.05, 0.1) is 0 Å². The van der Waals surface area contributed by atoms with Gasteiger partial charge < -0.3 is 14.2 Å². The molecule has 0 aliphatic heterocycles. The van der Waals surface area contributed by atoms with Crippen molar-refractivity contribution in [2.75, 3.05) is 0 Å². The van der Waals surface area contributed by atoms with Crippen LogP contribution < -0.4 is 14.2 Å². The average molecular weight is 523 g/mol. The van der Waals surface area contributed by atoms with Crippen LogP contribution in [0.5, 0.6) is 17.2 Å². The van der Waals surface area contributed by atoms with Crippen LogP contribution in [-0.2, 0) is 25.6 Å². The summed E-state index contributed by atoms with van der Waals surface area (Å²) < 4.78 is 15.7. The maximum Gasteiger partial charge on any atom is 0.336 e. The number of ether oxygens (including phenoxy) is 3. The van der Waals surface area contributed by atoms with Crippen LogP contribution in [0.1, 0.15) is 22.3 Å². The Morgan fingerprint density at radius 2 is 1.21 bits per heavy atom. The van der Waals surface area contributed by atoms with Crippen molar-refractivity contribution in [1.82, 2.24) is 0 Å². The highest BCUT2D eigenvalue weighted by Crippen LogP contribution is 2.24. The monoisotopic (exact) mass is 522 g/mol. The molecule has 39 heavy (non-hydrogen) atoms. The molecule has 0 heterocycles. The Morgan fingerprint density at radius 3 is 1.77 bits per heavy atom. The molecular weight excluding hydrogens is 496 g/mol. The standard InChI is InChI=1S/C32H26O7/c1-4-26(33)21-25-8-6-23(7-9-25)13-19-32(36)39-29-17-16-28(20-22(29)3)38-31(35)18-12-24-10-14-27(15-11-24)37-30(34)5-2/h4-20H,1-2,21H2,3H3/b18-12+,19-13+. The maximum atomic E-state index is 12.3. The van der Waals surface area contributed by atoms with Crippen LogP contribution >= 0.6 is 0 Å². The van der Waals surface area contributed by atoms with Crippen LogP contribution in [0.15, 0.2) is 104 Å². The van der Waals surface area contributed by atoms with Crippen molar-refractivity contribution in [3.63, 3.8) is 0 Å². The Labute approximate surface area is 226 Å². The van der Waals surface area contributed by atoms with E-state index in [1.165, 1.54) is 24.3 Å². The molecule has 0 atom stereocenters. The molecule has 0 radical (unpaired) electrons. The lowest BCUT2D eigenvalue weighted by molar-refractivity contribution is -0.130. The average Bonchev–Trinajstić information content (AvgIpc) is 2.93. The highest BCUT2D eigenvalue weighted by molar-refractivity contribution is 5.91. The van der Waals surface area contributed by atoms with E-state index in [1.54, 1.807) is 67.6 Å². The van der Waals surface area contributed by atoms with E-state index >= 15 is 0 Å². The fourth-order valence-corrected chi connectivity index (χ4v) is 3.25. The first-order valence-corrected chi connectivity index (χ1v) is 11.8. The van der Waals surface area contributed by atoms with Gasteiger partial charge in [-0.3, -0.25) is 4.79 Å². The highest BCUT2D eigenvalue weighted by Gasteiger charge is 2.08. The van der Waals surface area contributed by atoms with Crippen molar-refractivity contribution in [2.45, 2.75) is 13.3 Å². The minimum atomic E-state index is -0.593. The summed E-state index contributed by atoms with van der Waals surface area (Å²) in [6, 6.07) is 18.4. The maximum absolute atomic E-state index is 12.3. The van der Waals surface area contributed by atoms with E-state index in [4.69, 9.17) is 14.2 Å². The summed E-state index contributed by atoms with van der Waals surface area (Å²) in [7, 11) is 0. The molecule has 3 rings (SSSR count). The zero-order valence-corrected chi connectivity index (χ0v) is 21.3. The van der Waals surface area contributed by atoms with Crippen molar-refractivity contribution in [2.24, 2.45) is 0 Å².